The molecule has 7 heavy (non-hydrogen) atoms. The quantitative estimate of drug-likeness (QED) is 0.308. The third-order valence-electron chi connectivity index (χ3n) is 0.167. The Kier molecular flexibility index (Phi) is 23.9. The van der Waals surface area contributed by atoms with Crippen molar-refractivity contribution in [2.45, 2.75) is 0 Å². The minimum absolute atomic E-state index is 0.639. The van der Waals surface area contributed by atoms with Gasteiger partial charge in [-0.25, -0.2) is 0 Å². The summed E-state index contributed by atoms with van der Waals surface area (Å²) in [7, 11) is -0.639. The molecule has 0 spiro atoms. The van der Waals surface area contributed by atoms with Crippen LogP contribution < -0.4 is 0 Å². The first-order valence-corrected chi connectivity index (χ1v) is 5.96. The zero-order valence-corrected chi connectivity index (χ0v) is 6.96. The Morgan fingerprint density at radius 1 is 1.14 bits per heavy atom. The van der Waals surface area contributed by atoms with Gasteiger partial charge in [0.05, 0.1) is 0 Å². The first-order chi connectivity index (χ1) is 3.33. The van der Waals surface area contributed by atoms with Gasteiger partial charge in [0.2, 0.25) is 8.14 Å². The van der Waals surface area contributed by atoms with Crippen LogP contribution in [-0.2, 0) is 0 Å². The summed E-state index contributed by atoms with van der Waals surface area (Å²) in [5.74, 6) is 0. The van der Waals surface area contributed by atoms with Crippen molar-refractivity contribution in [1.82, 2.24) is 0 Å². The van der Waals surface area contributed by atoms with Gasteiger partial charge in [0, 0.05) is 0 Å². The molecule has 0 aliphatic heterocycles. The zero-order valence-electron chi connectivity index (χ0n) is 4.03. The first kappa shape index (κ1) is 10.3. The summed E-state index contributed by atoms with van der Waals surface area (Å²) < 4.78 is 0. The number of hydrogen-bond acceptors (Lipinski definition) is 0. The summed E-state index contributed by atoms with van der Waals surface area (Å²) in [6.07, 6.45) is 3.28. The highest BCUT2D eigenvalue weighted by Gasteiger charge is 1.46. The van der Waals surface area contributed by atoms with Gasteiger partial charge in [0.15, 0.2) is 0 Å². The molecule has 0 aromatic rings. The molecule has 3 heteroatoms. The normalized spacial score (nSPS) is 5.43. The Morgan fingerprint density at radius 2 is 1.29 bits per heavy atom. The molecule has 0 N–H and O–H groups in total. The molecule has 0 saturated heterocycles. The van der Waals surface area contributed by atoms with Gasteiger partial charge >= 0.3 is 0 Å². The van der Waals surface area contributed by atoms with E-state index in [9.17, 15) is 0 Å². The standard InChI is InChI=1S/C4H6.Cl2H2Si/c1-3-4-2;1-3-2/h3-4H,1-2H2;3H2. The van der Waals surface area contributed by atoms with Crippen LogP contribution in [0.1, 0.15) is 0 Å². The maximum Gasteiger partial charge on any atom is 0.222 e. The summed E-state index contributed by atoms with van der Waals surface area (Å²) in [6, 6.07) is 0. The van der Waals surface area contributed by atoms with E-state index >= 15 is 0 Å². The molecule has 0 radical (unpaired) electrons. The van der Waals surface area contributed by atoms with Crippen LogP contribution in [0.5, 0.6) is 0 Å². The Labute approximate surface area is 56.1 Å². The molecule has 0 aliphatic carbocycles. The highest BCUT2D eigenvalue weighted by molar-refractivity contribution is 7.22. The van der Waals surface area contributed by atoms with Crippen LogP contribution in [0.15, 0.2) is 25.3 Å². The molecule has 0 amide bonds. The van der Waals surface area contributed by atoms with Gasteiger partial charge in [-0.1, -0.05) is 25.3 Å². The second-order valence-corrected chi connectivity index (χ2v) is 3.20. The molecule has 0 fully saturated rings. The summed E-state index contributed by atoms with van der Waals surface area (Å²) in [5.41, 5.74) is 0. The number of hydrogen-bond donors (Lipinski definition) is 0. The van der Waals surface area contributed by atoms with E-state index in [4.69, 9.17) is 22.2 Å². The predicted octanol–water partition coefficient (Wildman–Crippen LogP) is 1.82. The van der Waals surface area contributed by atoms with E-state index in [1.807, 2.05) is 0 Å². The van der Waals surface area contributed by atoms with E-state index in [0.29, 0.717) is 0 Å². The van der Waals surface area contributed by atoms with Crippen molar-refractivity contribution in [3.63, 3.8) is 0 Å². The molecule has 0 atom stereocenters. The van der Waals surface area contributed by atoms with Gasteiger partial charge in [-0.3, -0.25) is 0 Å². The predicted molar refractivity (Wildman–Crippen MR) is 40.6 cm³/mol. The molecule has 0 bridgehead atoms. The Hall–Kier alpha value is 0.277. The molecule has 0 saturated carbocycles. The summed E-state index contributed by atoms with van der Waals surface area (Å²) in [6.45, 7) is 6.72. The largest absolute Gasteiger partial charge is 0.222 e. The van der Waals surface area contributed by atoms with E-state index in [2.05, 4.69) is 13.2 Å². The second-order valence-electron chi connectivity index (χ2n) is 0.572. The van der Waals surface area contributed by atoms with Crippen LogP contribution in [-0.4, -0.2) is 8.14 Å². The highest BCUT2D eigenvalue weighted by atomic mass is 35.7. The average molecular weight is 155 g/mol. The van der Waals surface area contributed by atoms with Gasteiger partial charge in [-0.05, 0) is 0 Å². The van der Waals surface area contributed by atoms with Crippen LogP contribution in [0.25, 0.3) is 0 Å². The Morgan fingerprint density at radius 3 is 1.29 bits per heavy atom. The van der Waals surface area contributed by atoms with Crippen molar-refractivity contribution in [3.05, 3.63) is 25.3 Å². The van der Waals surface area contributed by atoms with Crippen molar-refractivity contribution in [3.8, 4) is 0 Å². The third-order valence-corrected chi connectivity index (χ3v) is 0.167. The summed E-state index contributed by atoms with van der Waals surface area (Å²) >= 11 is 9.81. The van der Waals surface area contributed by atoms with Crippen LogP contribution in [0.2, 0.25) is 0 Å². The fourth-order valence-electron chi connectivity index (χ4n) is 0. The Bertz CT molecular complexity index is 39.0. The fraction of sp³-hybridized carbons (Fsp3) is 0. The van der Waals surface area contributed by atoms with Crippen LogP contribution in [0.3, 0.4) is 0 Å². The fourth-order valence-corrected chi connectivity index (χ4v) is 0. The van der Waals surface area contributed by atoms with Crippen molar-refractivity contribution in [2.24, 2.45) is 0 Å². The molecule has 0 unspecified atom stereocenters. The van der Waals surface area contributed by atoms with E-state index < -0.39 is 8.14 Å². The lowest BCUT2D eigenvalue weighted by atomic mass is 10.6. The van der Waals surface area contributed by atoms with Gasteiger partial charge in [-0.2, -0.15) is 22.2 Å². The van der Waals surface area contributed by atoms with Crippen LogP contribution in [0.4, 0.5) is 0 Å². The lowest BCUT2D eigenvalue weighted by Crippen LogP contribution is -1.36. The van der Waals surface area contributed by atoms with Crippen molar-refractivity contribution >= 4 is 30.3 Å². The zero-order chi connectivity index (χ0) is 6.12. The van der Waals surface area contributed by atoms with Crippen molar-refractivity contribution < 1.29 is 0 Å². The molecule has 0 heterocycles. The minimum Gasteiger partial charge on any atom is -0.155 e. The van der Waals surface area contributed by atoms with E-state index in [1.165, 1.54) is 0 Å². The molecule has 0 aromatic carbocycles. The van der Waals surface area contributed by atoms with Crippen molar-refractivity contribution in [2.75, 3.05) is 0 Å². The molecule has 42 valence electrons. The smallest absolute Gasteiger partial charge is 0.155 e. The molecular formula is C4H8Cl2Si. The Balaban J connectivity index is 0. The van der Waals surface area contributed by atoms with E-state index in [-0.39, 0.29) is 0 Å². The van der Waals surface area contributed by atoms with Crippen molar-refractivity contribution in [1.29, 1.82) is 0 Å². The third kappa shape index (κ3) is 70.4. The molecule has 0 aliphatic rings. The van der Waals surface area contributed by atoms with Crippen LogP contribution >= 0.6 is 22.2 Å². The number of rotatable bonds is 1. The lowest BCUT2D eigenvalue weighted by Gasteiger charge is -1.44. The molecule has 0 nitrogen and oxygen atoms in total. The van der Waals surface area contributed by atoms with Gasteiger partial charge in [-0.15, -0.1) is 0 Å². The molecular weight excluding hydrogens is 147 g/mol. The molecule has 0 rings (SSSR count). The topological polar surface area (TPSA) is 0 Å². The number of halogens is 2. The SMILES string of the molecule is C=CC=C.Cl[SiH2]Cl. The summed E-state index contributed by atoms with van der Waals surface area (Å²) in [5, 5.41) is 0. The minimum atomic E-state index is -0.639. The highest BCUT2D eigenvalue weighted by Crippen LogP contribution is 1.67. The maximum absolute atomic E-state index is 4.90. The molecule has 0 aromatic heterocycles. The van der Waals surface area contributed by atoms with E-state index in [0.717, 1.165) is 0 Å². The average Bonchev–Trinajstić information content (AvgIpc) is 1.69. The van der Waals surface area contributed by atoms with E-state index in [1.54, 1.807) is 12.2 Å². The maximum atomic E-state index is 4.90. The lowest BCUT2D eigenvalue weighted by molar-refractivity contribution is 2.15. The monoisotopic (exact) mass is 154 g/mol. The van der Waals surface area contributed by atoms with Gasteiger partial charge in [0.1, 0.15) is 0 Å². The second kappa shape index (κ2) is 16.3. The summed E-state index contributed by atoms with van der Waals surface area (Å²) in [4.78, 5) is 0. The number of allylic oxidation sites excluding steroid dienone is 2. The van der Waals surface area contributed by atoms with Gasteiger partial charge in [0.25, 0.3) is 0 Å². The van der Waals surface area contributed by atoms with Crippen LogP contribution in [0, 0.1) is 0 Å². The van der Waals surface area contributed by atoms with Gasteiger partial charge < -0.3 is 0 Å². The first-order valence-electron chi connectivity index (χ1n) is 1.68.